The van der Waals surface area contributed by atoms with Crippen LogP contribution in [0, 0.1) is 6.92 Å². The van der Waals surface area contributed by atoms with E-state index in [1.54, 1.807) is 13.2 Å². The molecule has 0 amide bonds. The fourth-order valence-electron chi connectivity index (χ4n) is 2.92. The summed E-state index contributed by atoms with van der Waals surface area (Å²) in [4.78, 5) is 17.4. The Morgan fingerprint density at radius 3 is 2.67 bits per heavy atom. The van der Waals surface area contributed by atoms with Crippen molar-refractivity contribution >= 4 is 33.2 Å². The first kappa shape index (κ1) is 17.7. The van der Waals surface area contributed by atoms with E-state index < -0.39 is 0 Å². The molecule has 0 unspecified atom stereocenters. The summed E-state index contributed by atoms with van der Waals surface area (Å²) in [5, 5.41) is 6.11. The number of rotatable bonds is 4. The number of benzene rings is 2. The molecule has 0 N–H and O–H groups in total. The zero-order chi connectivity index (χ0) is 19.0. The number of methoxy groups -OCH3 is 1. The molecule has 0 aliphatic rings. The number of ether oxygens (including phenoxy) is 1. The molecule has 0 bridgehead atoms. The Labute approximate surface area is 164 Å². The van der Waals surface area contributed by atoms with Crippen LogP contribution in [0.5, 0.6) is 5.75 Å². The number of aryl methyl sites for hydroxylation is 1. The van der Waals surface area contributed by atoms with Gasteiger partial charge in [0.2, 0.25) is 0 Å². The van der Waals surface area contributed by atoms with Crippen molar-refractivity contribution < 1.29 is 4.74 Å². The highest BCUT2D eigenvalue weighted by molar-refractivity contribution is 7.19. The summed E-state index contributed by atoms with van der Waals surface area (Å²) in [6.45, 7) is 2.22. The van der Waals surface area contributed by atoms with Gasteiger partial charge in [-0.15, -0.1) is 11.3 Å². The lowest BCUT2D eigenvalue weighted by atomic mass is 10.1. The first-order valence-electron chi connectivity index (χ1n) is 8.32. The molecule has 0 saturated heterocycles. The standard InChI is InChI=1S/C20H16ClN3O2S/c1-12-22-18-19(27-12)17(14-6-8-16(26-2)9-7-14)23-24(20(18)25)11-13-4-3-5-15(21)10-13/h3-10H,11H2,1-2H3. The predicted molar refractivity (Wildman–Crippen MR) is 109 cm³/mol. The molecule has 0 aliphatic carbocycles. The average Bonchev–Trinajstić information content (AvgIpc) is 3.06. The lowest BCUT2D eigenvalue weighted by Crippen LogP contribution is -2.24. The van der Waals surface area contributed by atoms with Gasteiger partial charge in [-0.25, -0.2) is 9.67 Å². The van der Waals surface area contributed by atoms with E-state index in [2.05, 4.69) is 10.1 Å². The van der Waals surface area contributed by atoms with Crippen LogP contribution < -0.4 is 10.3 Å². The first-order chi connectivity index (χ1) is 13.0. The summed E-state index contributed by atoms with van der Waals surface area (Å²) in [6, 6.07) is 15.0. The zero-order valence-electron chi connectivity index (χ0n) is 14.8. The lowest BCUT2D eigenvalue weighted by Gasteiger charge is -2.09. The van der Waals surface area contributed by atoms with Crippen LogP contribution in [0.15, 0.2) is 53.3 Å². The van der Waals surface area contributed by atoms with Crippen LogP contribution in [0.1, 0.15) is 10.6 Å². The molecular weight excluding hydrogens is 382 g/mol. The molecule has 5 nitrogen and oxygen atoms in total. The van der Waals surface area contributed by atoms with Crippen LogP contribution in [0.3, 0.4) is 0 Å². The van der Waals surface area contributed by atoms with E-state index in [-0.39, 0.29) is 5.56 Å². The van der Waals surface area contributed by atoms with Crippen LogP contribution in [0.2, 0.25) is 5.02 Å². The lowest BCUT2D eigenvalue weighted by molar-refractivity contribution is 0.415. The molecule has 4 rings (SSSR count). The van der Waals surface area contributed by atoms with E-state index in [1.165, 1.54) is 16.0 Å². The topological polar surface area (TPSA) is 57.0 Å². The molecule has 0 fully saturated rings. The number of thiazole rings is 1. The molecule has 0 saturated carbocycles. The van der Waals surface area contributed by atoms with Crippen molar-refractivity contribution in [2.24, 2.45) is 0 Å². The van der Waals surface area contributed by atoms with Crippen molar-refractivity contribution in [1.29, 1.82) is 0 Å². The van der Waals surface area contributed by atoms with E-state index in [0.717, 1.165) is 32.3 Å². The quantitative estimate of drug-likeness (QED) is 0.507. The van der Waals surface area contributed by atoms with Crippen molar-refractivity contribution in [3.8, 4) is 17.0 Å². The summed E-state index contributed by atoms with van der Waals surface area (Å²) >= 11 is 7.55. The van der Waals surface area contributed by atoms with Gasteiger partial charge in [0.1, 0.15) is 11.4 Å². The van der Waals surface area contributed by atoms with Gasteiger partial charge in [-0.1, -0.05) is 23.7 Å². The third-order valence-electron chi connectivity index (χ3n) is 4.19. The highest BCUT2D eigenvalue weighted by Gasteiger charge is 2.16. The maximum Gasteiger partial charge on any atom is 0.294 e. The molecule has 0 radical (unpaired) electrons. The fraction of sp³-hybridized carbons (Fsp3) is 0.150. The summed E-state index contributed by atoms with van der Waals surface area (Å²) < 4.78 is 7.48. The molecule has 0 aliphatic heterocycles. The number of nitrogens with zero attached hydrogens (tertiary/aromatic N) is 3. The number of hydrogen-bond donors (Lipinski definition) is 0. The van der Waals surface area contributed by atoms with Gasteiger partial charge < -0.3 is 4.74 Å². The third-order valence-corrected chi connectivity index (χ3v) is 5.40. The van der Waals surface area contributed by atoms with Crippen molar-refractivity contribution in [2.75, 3.05) is 7.11 Å². The summed E-state index contributed by atoms with van der Waals surface area (Å²) in [6.07, 6.45) is 0. The van der Waals surface area contributed by atoms with Gasteiger partial charge in [0.15, 0.2) is 5.52 Å². The molecule has 2 aromatic heterocycles. The van der Waals surface area contributed by atoms with Crippen molar-refractivity contribution in [1.82, 2.24) is 14.8 Å². The molecular formula is C20H16ClN3O2S. The molecule has 0 spiro atoms. The van der Waals surface area contributed by atoms with Gasteiger partial charge in [0, 0.05) is 10.6 Å². The Kier molecular flexibility index (Phi) is 4.68. The largest absolute Gasteiger partial charge is 0.497 e. The van der Waals surface area contributed by atoms with Crippen molar-refractivity contribution in [3.63, 3.8) is 0 Å². The highest BCUT2D eigenvalue weighted by Crippen LogP contribution is 2.30. The number of fused-ring (bicyclic) bond motifs is 1. The second-order valence-electron chi connectivity index (χ2n) is 6.08. The summed E-state index contributed by atoms with van der Waals surface area (Å²) in [7, 11) is 1.63. The molecule has 2 heterocycles. The van der Waals surface area contributed by atoms with Crippen LogP contribution in [0.4, 0.5) is 0 Å². The van der Waals surface area contributed by atoms with Crippen LogP contribution in [-0.4, -0.2) is 21.9 Å². The number of aromatic nitrogens is 3. The van der Waals surface area contributed by atoms with Gasteiger partial charge in [-0.2, -0.15) is 5.10 Å². The van der Waals surface area contributed by atoms with Crippen LogP contribution in [0.25, 0.3) is 21.5 Å². The van der Waals surface area contributed by atoms with E-state index in [1.807, 2.05) is 49.4 Å². The molecule has 7 heteroatoms. The number of hydrogen-bond acceptors (Lipinski definition) is 5. The second kappa shape index (κ2) is 7.13. The van der Waals surface area contributed by atoms with E-state index in [4.69, 9.17) is 16.3 Å². The highest BCUT2D eigenvalue weighted by atomic mass is 35.5. The Morgan fingerprint density at radius 1 is 1.19 bits per heavy atom. The van der Waals surface area contributed by atoms with Gasteiger partial charge in [-0.05, 0) is 48.9 Å². The molecule has 136 valence electrons. The van der Waals surface area contributed by atoms with E-state index in [0.29, 0.717) is 17.1 Å². The summed E-state index contributed by atoms with van der Waals surface area (Å²) in [5.41, 5.74) is 2.79. The molecule has 4 aromatic rings. The minimum absolute atomic E-state index is 0.202. The Hall–Kier alpha value is -2.70. The maximum absolute atomic E-state index is 12.9. The Balaban J connectivity index is 1.89. The van der Waals surface area contributed by atoms with E-state index in [9.17, 15) is 4.79 Å². The van der Waals surface area contributed by atoms with Gasteiger partial charge >= 0.3 is 0 Å². The SMILES string of the molecule is COc1ccc(-c2nn(Cc3cccc(Cl)c3)c(=O)c3nc(C)sc23)cc1. The molecule has 0 atom stereocenters. The predicted octanol–water partition coefficient (Wildman–Crippen LogP) is 4.54. The van der Waals surface area contributed by atoms with Gasteiger partial charge in [0.05, 0.1) is 23.4 Å². The average molecular weight is 398 g/mol. The smallest absolute Gasteiger partial charge is 0.294 e. The second-order valence-corrected chi connectivity index (χ2v) is 7.72. The van der Waals surface area contributed by atoms with Crippen molar-refractivity contribution in [2.45, 2.75) is 13.5 Å². The van der Waals surface area contributed by atoms with Crippen LogP contribution >= 0.6 is 22.9 Å². The molecule has 27 heavy (non-hydrogen) atoms. The Morgan fingerprint density at radius 2 is 1.96 bits per heavy atom. The number of halogens is 1. The maximum atomic E-state index is 12.9. The minimum atomic E-state index is -0.202. The van der Waals surface area contributed by atoms with Gasteiger partial charge in [-0.3, -0.25) is 4.79 Å². The third kappa shape index (κ3) is 3.46. The zero-order valence-corrected chi connectivity index (χ0v) is 16.3. The fourth-order valence-corrected chi connectivity index (χ4v) is 4.05. The molecule has 2 aromatic carbocycles. The van der Waals surface area contributed by atoms with E-state index >= 15 is 0 Å². The summed E-state index contributed by atoms with van der Waals surface area (Å²) in [5.74, 6) is 0.766. The normalized spacial score (nSPS) is 11.1. The first-order valence-corrected chi connectivity index (χ1v) is 9.52. The van der Waals surface area contributed by atoms with Gasteiger partial charge in [0.25, 0.3) is 5.56 Å². The Bertz CT molecular complexity index is 1180. The minimum Gasteiger partial charge on any atom is -0.497 e. The van der Waals surface area contributed by atoms with Crippen LogP contribution in [-0.2, 0) is 6.54 Å². The monoisotopic (exact) mass is 397 g/mol. The van der Waals surface area contributed by atoms with Crippen molar-refractivity contribution in [3.05, 3.63) is 74.5 Å².